The van der Waals surface area contributed by atoms with E-state index in [9.17, 15) is 4.79 Å². The van der Waals surface area contributed by atoms with Gasteiger partial charge in [-0.3, -0.25) is 0 Å². The number of halogens is 1. The predicted molar refractivity (Wildman–Crippen MR) is 90.1 cm³/mol. The highest BCUT2D eigenvalue weighted by Crippen LogP contribution is 2.31. The average molecular weight is 326 g/mol. The number of urea groups is 1. The van der Waals surface area contributed by atoms with Crippen molar-refractivity contribution in [3.63, 3.8) is 0 Å². The fourth-order valence-corrected chi connectivity index (χ4v) is 2.71. The van der Waals surface area contributed by atoms with Gasteiger partial charge in [-0.2, -0.15) is 0 Å². The highest BCUT2D eigenvalue weighted by Gasteiger charge is 2.22. The van der Waals surface area contributed by atoms with E-state index in [-0.39, 0.29) is 6.03 Å². The van der Waals surface area contributed by atoms with Gasteiger partial charge in [-0.15, -0.1) is 0 Å². The third-order valence-electron chi connectivity index (χ3n) is 3.86. The lowest BCUT2D eigenvalue weighted by atomic mass is 10.2. The van der Waals surface area contributed by atoms with Gasteiger partial charge in [0.25, 0.3) is 0 Å². The third kappa shape index (κ3) is 4.19. The fourth-order valence-electron chi connectivity index (χ4n) is 2.54. The predicted octanol–water partition coefficient (Wildman–Crippen LogP) is 2.98. The molecule has 0 atom stereocenters. The molecule has 0 bridgehead atoms. The van der Waals surface area contributed by atoms with Crippen LogP contribution in [0.1, 0.15) is 19.8 Å². The Labute approximate surface area is 137 Å². The van der Waals surface area contributed by atoms with E-state index in [0.29, 0.717) is 18.1 Å². The minimum atomic E-state index is 0.0335. The molecule has 0 unspecified atom stereocenters. The number of benzene rings is 1. The minimum absolute atomic E-state index is 0.0335. The molecule has 5 nitrogen and oxygen atoms in total. The molecule has 2 amide bonds. The monoisotopic (exact) mass is 325 g/mol. The zero-order valence-electron chi connectivity index (χ0n) is 13.3. The van der Waals surface area contributed by atoms with E-state index < -0.39 is 0 Å². The highest BCUT2D eigenvalue weighted by atomic mass is 35.5. The van der Waals surface area contributed by atoms with E-state index >= 15 is 0 Å². The Morgan fingerprint density at radius 2 is 2.05 bits per heavy atom. The first kappa shape index (κ1) is 16.7. The van der Waals surface area contributed by atoms with Gasteiger partial charge in [-0.1, -0.05) is 24.9 Å². The van der Waals surface area contributed by atoms with Crippen LogP contribution in [-0.2, 0) is 0 Å². The molecule has 1 aliphatic rings. The van der Waals surface area contributed by atoms with Crippen LogP contribution in [-0.4, -0.2) is 50.8 Å². The van der Waals surface area contributed by atoms with Gasteiger partial charge in [0.15, 0.2) is 0 Å². The molecule has 22 heavy (non-hydrogen) atoms. The summed E-state index contributed by atoms with van der Waals surface area (Å²) < 4.78 is 5.40. The summed E-state index contributed by atoms with van der Waals surface area (Å²) in [5, 5.41) is 3.65. The summed E-state index contributed by atoms with van der Waals surface area (Å²) in [6.07, 6.45) is 2.11. The van der Waals surface area contributed by atoms with Gasteiger partial charge < -0.3 is 19.9 Å². The number of rotatable bonds is 5. The van der Waals surface area contributed by atoms with E-state index in [1.54, 1.807) is 7.11 Å². The molecular weight excluding hydrogens is 302 g/mol. The summed E-state index contributed by atoms with van der Waals surface area (Å²) >= 11 is 6.09. The first-order chi connectivity index (χ1) is 10.7. The quantitative estimate of drug-likeness (QED) is 0.846. The van der Waals surface area contributed by atoms with Crippen LogP contribution in [0.5, 0.6) is 5.75 Å². The van der Waals surface area contributed by atoms with Crippen LogP contribution >= 0.6 is 11.6 Å². The van der Waals surface area contributed by atoms with Crippen LogP contribution in [0.2, 0.25) is 5.02 Å². The number of ether oxygens (including phenoxy) is 1. The van der Waals surface area contributed by atoms with Crippen molar-refractivity contribution in [1.82, 2.24) is 10.2 Å². The van der Waals surface area contributed by atoms with E-state index in [0.717, 1.165) is 43.9 Å². The zero-order valence-corrected chi connectivity index (χ0v) is 14.0. The van der Waals surface area contributed by atoms with E-state index in [2.05, 4.69) is 17.1 Å². The molecule has 1 aromatic carbocycles. The maximum Gasteiger partial charge on any atom is 0.317 e. The maximum absolute atomic E-state index is 12.0. The largest absolute Gasteiger partial charge is 0.495 e. The second-order valence-electron chi connectivity index (χ2n) is 5.38. The van der Waals surface area contributed by atoms with Crippen LogP contribution in [0.4, 0.5) is 10.5 Å². The normalized spacial score (nSPS) is 14.9. The number of nitrogens with zero attached hydrogens (tertiary/aromatic N) is 2. The summed E-state index contributed by atoms with van der Waals surface area (Å²) in [5.74, 6) is 0.810. The van der Waals surface area contributed by atoms with Crippen LogP contribution in [0.15, 0.2) is 18.2 Å². The Kier molecular flexibility index (Phi) is 6.19. The van der Waals surface area contributed by atoms with Gasteiger partial charge >= 0.3 is 6.03 Å². The third-order valence-corrected chi connectivity index (χ3v) is 4.09. The van der Waals surface area contributed by atoms with Crippen molar-refractivity contribution >= 4 is 23.3 Å². The van der Waals surface area contributed by atoms with Crippen molar-refractivity contribution < 1.29 is 9.53 Å². The maximum atomic E-state index is 12.0. The van der Waals surface area contributed by atoms with Crippen LogP contribution in [0.3, 0.4) is 0 Å². The Morgan fingerprint density at radius 3 is 2.68 bits per heavy atom. The molecule has 2 rings (SSSR count). The lowest BCUT2D eigenvalue weighted by Gasteiger charge is -2.36. The first-order valence-corrected chi connectivity index (χ1v) is 8.14. The van der Waals surface area contributed by atoms with E-state index in [1.165, 1.54) is 0 Å². The molecule has 1 aliphatic heterocycles. The summed E-state index contributed by atoms with van der Waals surface area (Å²) in [5.41, 5.74) is 0.987. The molecular formula is C16H24ClN3O2. The zero-order chi connectivity index (χ0) is 15.9. The van der Waals surface area contributed by atoms with Crippen LogP contribution in [0.25, 0.3) is 0 Å². The first-order valence-electron chi connectivity index (χ1n) is 7.77. The molecule has 0 saturated carbocycles. The highest BCUT2D eigenvalue weighted by molar-refractivity contribution is 6.30. The number of methoxy groups -OCH3 is 1. The van der Waals surface area contributed by atoms with Crippen molar-refractivity contribution in [2.45, 2.75) is 19.8 Å². The number of hydrogen-bond acceptors (Lipinski definition) is 3. The van der Waals surface area contributed by atoms with Gasteiger partial charge in [-0.05, 0) is 24.6 Å². The van der Waals surface area contributed by atoms with Crippen molar-refractivity contribution in [2.24, 2.45) is 0 Å². The Bertz CT molecular complexity index is 502. The standard InChI is InChI=1S/C16H24ClN3O2/c1-3-4-7-18-16(21)20-10-8-19(9-11-20)14-12-13(17)5-6-15(14)22-2/h5-6,12H,3-4,7-11H2,1-2H3,(H,18,21). The summed E-state index contributed by atoms with van der Waals surface area (Å²) in [4.78, 5) is 16.1. The molecule has 1 fully saturated rings. The van der Waals surface area contributed by atoms with Gasteiger partial charge in [0, 0.05) is 37.7 Å². The number of unbranched alkanes of at least 4 members (excludes halogenated alkanes) is 1. The molecule has 0 aromatic heterocycles. The van der Waals surface area contributed by atoms with Crippen molar-refractivity contribution in [2.75, 3.05) is 44.7 Å². The summed E-state index contributed by atoms with van der Waals surface area (Å²) in [7, 11) is 1.66. The lowest BCUT2D eigenvalue weighted by Crippen LogP contribution is -2.52. The van der Waals surface area contributed by atoms with Crippen molar-refractivity contribution in [3.8, 4) is 5.75 Å². The molecule has 1 N–H and O–H groups in total. The molecule has 0 aliphatic carbocycles. The number of amides is 2. The molecule has 1 saturated heterocycles. The Balaban J connectivity index is 1.92. The smallest absolute Gasteiger partial charge is 0.317 e. The fraction of sp³-hybridized carbons (Fsp3) is 0.562. The summed E-state index contributed by atoms with van der Waals surface area (Å²) in [6.45, 7) is 5.82. The molecule has 1 aromatic rings. The molecule has 122 valence electrons. The molecule has 1 heterocycles. The molecule has 0 radical (unpaired) electrons. The number of carbonyl (C=O) groups is 1. The van der Waals surface area contributed by atoms with Gasteiger partial charge in [0.1, 0.15) is 5.75 Å². The van der Waals surface area contributed by atoms with Crippen molar-refractivity contribution in [1.29, 1.82) is 0 Å². The van der Waals surface area contributed by atoms with Crippen LogP contribution < -0.4 is 15.0 Å². The van der Waals surface area contributed by atoms with Crippen molar-refractivity contribution in [3.05, 3.63) is 23.2 Å². The molecule has 0 spiro atoms. The Hall–Kier alpha value is -1.62. The second kappa shape index (κ2) is 8.13. The SMILES string of the molecule is CCCCNC(=O)N1CCN(c2cc(Cl)ccc2OC)CC1. The lowest BCUT2D eigenvalue weighted by molar-refractivity contribution is 0.194. The Morgan fingerprint density at radius 1 is 1.32 bits per heavy atom. The van der Waals surface area contributed by atoms with Gasteiger partial charge in [0.05, 0.1) is 12.8 Å². The molecule has 6 heteroatoms. The number of piperazine rings is 1. The minimum Gasteiger partial charge on any atom is -0.495 e. The number of hydrogen-bond donors (Lipinski definition) is 1. The van der Waals surface area contributed by atoms with Crippen LogP contribution in [0, 0.1) is 0 Å². The average Bonchev–Trinajstić information content (AvgIpc) is 2.55. The number of anilines is 1. The summed E-state index contributed by atoms with van der Waals surface area (Å²) in [6, 6.07) is 5.64. The topological polar surface area (TPSA) is 44.8 Å². The van der Waals surface area contributed by atoms with E-state index in [4.69, 9.17) is 16.3 Å². The van der Waals surface area contributed by atoms with E-state index in [1.807, 2.05) is 23.1 Å². The number of nitrogens with one attached hydrogen (secondary N) is 1. The number of carbonyl (C=O) groups excluding carboxylic acids is 1. The van der Waals surface area contributed by atoms with Gasteiger partial charge in [-0.25, -0.2) is 4.79 Å². The van der Waals surface area contributed by atoms with Gasteiger partial charge in [0.2, 0.25) is 0 Å². The second-order valence-corrected chi connectivity index (χ2v) is 5.81.